The summed E-state index contributed by atoms with van der Waals surface area (Å²) in [6, 6.07) is 0. The van der Waals surface area contributed by atoms with E-state index < -0.39 is 0 Å². The fourth-order valence-corrected chi connectivity index (χ4v) is 3.03. The Morgan fingerprint density at radius 2 is 1.94 bits per heavy atom. The van der Waals surface area contributed by atoms with Crippen molar-refractivity contribution in [1.82, 2.24) is 9.36 Å². The second-order valence-electron chi connectivity index (χ2n) is 5.14. The molecule has 5 heteroatoms. The molecule has 2 aliphatic carbocycles. The third-order valence-corrected chi connectivity index (χ3v) is 4.31. The van der Waals surface area contributed by atoms with Gasteiger partial charge in [0.25, 0.3) is 5.19 Å². The van der Waals surface area contributed by atoms with Crippen LogP contribution in [0.25, 0.3) is 0 Å². The SMILES string of the molecule is OCC1CCC(Oc2nc(C3CC3)ns2)CC1. The largest absolute Gasteiger partial charge is 0.466 e. The summed E-state index contributed by atoms with van der Waals surface area (Å²) in [6.45, 7) is 0.317. The van der Waals surface area contributed by atoms with Gasteiger partial charge in [-0.05, 0) is 44.4 Å². The molecule has 94 valence electrons. The maximum absolute atomic E-state index is 9.08. The summed E-state index contributed by atoms with van der Waals surface area (Å²) in [4.78, 5) is 4.44. The van der Waals surface area contributed by atoms with Crippen molar-refractivity contribution in [3.8, 4) is 5.19 Å². The van der Waals surface area contributed by atoms with E-state index in [4.69, 9.17) is 9.84 Å². The lowest BCUT2D eigenvalue weighted by Gasteiger charge is -2.26. The van der Waals surface area contributed by atoms with Gasteiger partial charge in [-0.1, -0.05) is 0 Å². The molecule has 1 heterocycles. The summed E-state index contributed by atoms with van der Waals surface area (Å²) in [6.07, 6.45) is 6.94. The average Bonchev–Trinajstić information content (AvgIpc) is 3.12. The first-order valence-electron chi connectivity index (χ1n) is 6.46. The lowest BCUT2D eigenvalue weighted by atomic mass is 9.88. The first-order chi connectivity index (χ1) is 8.35. The smallest absolute Gasteiger partial charge is 0.293 e. The van der Waals surface area contributed by atoms with Gasteiger partial charge in [-0.2, -0.15) is 9.36 Å². The molecule has 3 rings (SSSR count). The maximum atomic E-state index is 9.08. The standard InChI is InChI=1S/C12H18N2O2S/c15-7-8-1-5-10(6-2-8)16-12-13-11(14-17-12)9-3-4-9/h8-10,15H,1-7H2. The predicted octanol–water partition coefficient (Wildman–Crippen LogP) is 2.35. The molecule has 0 spiro atoms. The van der Waals surface area contributed by atoms with Crippen molar-refractivity contribution in [3.05, 3.63) is 5.82 Å². The van der Waals surface area contributed by atoms with E-state index in [0.29, 0.717) is 18.4 Å². The molecule has 0 aliphatic heterocycles. The molecule has 0 saturated heterocycles. The van der Waals surface area contributed by atoms with Gasteiger partial charge in [-0.15, -0.1) is 0 Å². The van der Waals surface area contributed by atoms with E-state index in [1.807, 2.05) is 0 Å². The van der Waals surface area contributed by atoms with Gasteiger partial charge in [0.2, 0.25) is 0 Å². The van der Waals surface area contributed by atoms with Crippen molar-refractivity contribution in [3.63, 3.8) is 0 Å². The van der Waals surface area contributed by atoms with Crippen LogP contribution in [0.1, 0.15) is 50.3 Å². The van der Waals surface area contributed by atoms with Crippen molar-refractivity contribution >= 4 is 11.5 Å². The third-order valence-electron chi connectivity index (χ3n) is 3.69. The van der Waals surface area contributed by atoms with Crippen molar-refractivity contribution < 1.29 is 9.84 Å². The van der Waals surface area contributed by atoms with Crippen LogP contribution in [0.5, 0.6) is 5.19 Å². The normalized spacial score (nSPS) is 29.2. The van der Waals surface area contributed by atoms with E-state index in [1.165, 1.54) is 24.4 Å². The highest BCUT2D eigenvalue weighted by Crippen LogP contribution is 2.40. The highest BCUT2D eigenvalue weighted by Gasteiger charge is 2.29. The van der Waals surface area contributed by atoms with Gasteiger partial charge in [0.1, 0.15) is 11.9 Å². The fourth-order valence-electron chi connectivity index (χ4n) is 2.35. The second-order valence-corrected chi connectivity index (χ2v) is 5.85. The highest BCUT2D eigenvalue weighted by molar-refractivity contribution is 7.07. The van der Waals surface area contributed by atoms with Crippen molar-refractivity contribution in [2.45, 2.75) is 50.5 Å². The Labute approximate surface area is 105 Å². The Balaban J connectivity index is 1.52. The summed E-state index contributed by atoms with van der Waals surface area (Å²) in [7, 11) is 0. The fraction of sp³-hybridized carbons (Fsp3) is 0.833. The summed E-state index contributed by atoms with van der Waals surface area (Å²) >= 11 is 1.39. The molecular weight excluding hydrogens is 236 g/mol. The van der Waals surface area contributed by atoms with E-state index in [9.17, 15) is 0 Å². The minimum absolute atomic E-state index is 0.276. The van der Waals surface area contributed by atoms with E-state index in [-0.39, 0.29) is 6.10 Å². The molecule has 0 unspecified atom stereocenters. The molecule has 1 aromatic rings. The average molecular weight is 254 g/mol. The topological polar surface area (TPSA) is 55.2 Å². The Kier molecular flexibility index (Phi) is 3.29. The summed E-state index contributed by atoms with van der Waals surface area (Å²) in [5.41, 5.74) is 0. The van der Waals surface area contributed by atoms with Gasteiger partial charge < -0.3 is 9.84 Å². The van der Waals surface area contributed by atoms with Gasteiger partial charge >= 0.3 is 0 Å². The summed E-state index contributed by atoms with van der Waals surface area (Å²) in [5.74, 6) is 2.06. The van der Waals surface area contributed by atoms with Gasteiger partial charge in [0.05, 0.1) is 0 Å². The number of aliphatic hydroxyl groups excluding tert-OH is 1. The molecule has 0 amide bonds. The van der Waals surface area contributed by atoms with Crippen LogP contribution in [0.2, 0.25) is 0 Å². The number of aliphatic hydroxyl groups is 1. The second kappa shape index (κ2) is 4.90. The van der Waals surface area contributed by atoms with E-state index in [0.717, 1.165) is 36.7 Å². The molecule has 17 heavy (non-hydrogen) atoms. The maximum Gasteiger partial charge on any atom is 0.293 e. The van der Waals surface area contributed by atoms with Gasteiger partial charge in [0.15, 0.2) is 0 Å². The first kappa shape index (κ1) is 11.4. The Hall–Kier alpha value is -0.680. The number of hydrogen-bond donors (Lipinski definition) is 1. The van der Waals surface area contributed by atoms with Gasteiger partial charge in [-0.3, -0.25) is 0 Å². The van der Waals surface area contributed by atoms with Crippen molar-refractivity contribution in [1.29, 1.82) is 0 Å². The Bertz CT molecular complexity index is 370. The van der Waals surface area contributed by atoms with Crippen LogP contribution in [0.15, 0.2) is 0 Å². The zero-order valence-electron chi connectivity index (χ0n) is 9.84. The van der Waals surface area contributed by atoms with E-state index >= 15 is 0 Å². The van der Waals surface area contributed by atoms with E-state index in [1.54, 1.807) is 0 Å². The number of hydrogen-bond acceptors (Lipinski definition) is 5. The van der Waals surface area contributed by atoms with Crippen molar-refractivity contribution in [2.24, 2.45) is 5.92 Å². The molecule has 2 fully saturated rings. The lowest BCUT2D eigenvalue weighted by Crippen LogP contribution is -2.25. The lowest BCUT2D eigenvalue weighted by molar-refractivity contribution is 0.104. The van der Waals surface area contributed by atoms with Crippen LogP contribution in [-0.4, -0.2) is 27.2 Å². The quantitative estimate of drug-likeness (QED) is 0.896. The third kappa shape index (κ3) is 2.77. The molecule has 0 radical (unpaired) electrons. The molecule has 2 saturated carbocycles. The van der Waals surface area contributed by atoms with Gasteiger partial charge in [-0.25, -0.2) is 0 Å². The van der Waals surface area contributed by atoms with Crippen LogP contribution >= 0.6 is 11.5 Å². The molecule has 1 aromatic heterocycles. The summed E-state index contributed by atoms with van der Waals surface area (Å²) < 4.78 is 10.2. The van der Waals surface area contributed by atoms with E-state index in [2.05, 4.69) is 9.36 Å². The van der Waals surface area contributed by atoms with Crippen LogP contribution in [-0.2, 0) is 0 Å². The molecule has 0 atom stereocenters. The van der Waals surface area contributed by atoms with Crippen LogP contribution in [0.3, 0.4) is 0 Å². The number of aromatic nitrogens is 2. The minimum atomic E-state index is 0.276. The predicted molar refractivity (Wildman–Crippen MR) is 65.3 cm³/mol. The van der Waals surface area contributed by atoms with Crippen LogP contribution < -0.4 is 4.74 Å². The van der Waals surface area contributed by atoms with Crippen molar-refractivity contribution in [2.75, 3.05) is 6.61 Å². The molecule has 0 bridgehead atoms. The summed E-state index contributed by atoms with van der Waals surface area (Å²) in [5, 5.41) is 9.81. The number of nitrogens with zero attached hydrogens (tertiary/aromatic N) is 2. The molecule has 2 aliphatic rings. The first-order valence-corrected chi connectivity index (χ1v) is 7.23. The zero-order chi connectivity index (χ0) is 11.7. The Morgan fingerprint density at radius 1 is 1.18 bits per heavy atom. The molecule has 1 N–H and O–H groups in total. The molecule has 4 nitrogen and oxygen atoms in total. The number of rotatable bonds is 4. The molecule has 0 aromatic carbocycles. The number of ether oxygens (including phenoxy) is 1. The zero-order valence-corrected chi connectivity index (χ0v) is 10.7. The highest BCUT2D eigenvalue weighted by atomic mass is 32.1. The Morgan fingerprint density at radius 3 is 2.59 bits per heavy atom. The van der Waals surface area contributed by atoms with Crippen LogP contribution in [0, 0.1) is 5.92 Å². The van der Waals surface area contributed by atoms with Crippen LogP contribution in [0.4, 0.5) is 0 Å². The van der Waals surface area contributed by atoms with Gasteiger partial charge in [0, 0.05) is 24.1 Å². The minimum Gasteiger partial charge on any atom is -0.466 e. The monoisotopic (exact) mass is 254 g/mol. The molecular formula is C12H18N2O2S.